The molecule has 0 aliphatic carbocycles. The van der Waals surface area contributed by atoms with E-state index < -0.39 is 0 Å². The van der Waals surface area contributed by atoms with E-state index in [1.165, 1.54) is 0 Å². The molecule has 0 bridgehead atoms. The van der Waals surface area contributed by atoms with Crippen LogP contribution in [0.3, 0.4) is 0 Å². The second kappa shape index (κ2) is 4.69. The van der Waals surface area contributed by atoms with Gasteiger partial charge in [-0.25, -0.2) is 15.0 Å². The number of hydrogen-bond acceptors (Lipinski definition) is 3. The second-order valence-electron chi connectivity index (χ2n) is 5.20. The van der Waals surface area contributed by atoms with Crippen LogP contribution in [0.1, 0.15) is 22.6 Å². The standard InChI is InChI=1S/C17H11ClN4/c1-3-11-4-5-14-13(6-11)16-12(8-19-10(2)21-16)7-15-17(18)20-9-22(14)15/h1,4-6,8-9H,7H2,2H3. The average Bonchev–Trinajstić information content (AvgIpc) is 2.82. The normalized spacial score (nSPS) is 11.9. The lowest BCUT2D eigenvalue weighted by Gasteiger charge is -2.10. The molecule has 0 amide bonds. The largest absolute Gasteiger partial charge is 0.301 e. The van der Waals surface area contributed by atoms with Crippen molar-refractivity contribution in [3.63, 3.8) is 0 Å². The highest BCUT2D eigenvalue weighted by Gasteiger charge is 2.23. The lowest BCUT2D eigenvalue weighted by atomic mass is 10.0. The van der Waals surface area contributed by atoms with E-state index in [9.17, 15) is 0 Å². The molecule has 3 heterocycles. The number of terminal acetylenes is 1. The van der Waals surface area contributed by atoms with Crippen molar-refractivity contribution in [1.82, 2.24) is 19.5 Å². The fraction of sp³-hybridized carbons (Fsp3) is 0.118. The van der Waals surface area contributed by atoms with Crippen LogP contribution >= 0.6 is 11.6 Å². The molecule has 3 aromatic rings. The predicted octanol–water partition coefficient (Wildman–Crippen LogP) is 3.18. The van der Waals surface area contributed by atoms with Crippen molar-refractivity contribution in [3.8, 4) is 29.3 Å². The van der Waals surface area contributed by atoms with Gasteiger partial charge in [0, 0.05) is 29.3 Å². The summed E-state index contributed by atoms with van der Waals surface area (Å²) in [6.07, 6.45) is 9.77. The molecule has 5 heteroatoms. The molecular weight excluding hydrogens is 296 g/mol. The Labute approximate surface area is 132 Å². The molecule has 0 fully saturated rings. The van der Waals surface area contributed by atoms with Crippen molar-refractivity contribution < 1.29 is 0 Å². The molecule has 0 saturated heterocycles. The molecule has 0 atom stereocenters. The van der Waals surface area contributed by atoms with Crippen LogP contribution in [-0.4, -0.2) is 19.5 Å². The first kappa shape index (κ1) is 13.1. The number of halogens is 1. The van der Waals surface area contributed by atoms with Crippen molar-refractivity contribution in [2.45, 2.75) is 13.3 Å². The van der Waals surface area contributed by atoms with Gasteiger partial charge in [0.25, 0.3) is 0 Å². The van der Waals surface area contributed by atoms with Gasteiger partial charge in [-0.2, -0.15) is 0 Å². The smallest absolute Gasteiger partial charge is 0.150 e. The molecule has 0 radical (unpaired) electrons. The van der Waals surface area contributed by atoms with E-state index in [2.05, 4.69) is 20.9 Å². The molecule has 22 heavy (non-hydrogen) atoms. The zero-order valence-electron chi connectivity index (χ0n) is 11.8. The molecule has 0 spiro atoms. The summed E-state index contributed by atoms with van der Waals surface area (Å²) in [5, 5.41) is 0.500. The third-order valence-corrected chi connectivity index (χ3v) is 4.15. The van der Waals surface area contributed by atoms with Crippen LogP contribution in [-0.2, 0) is 6.42 Å². The highest BCUT2D eigenvalue weighted by Crippen LogP contribution is 2.36. The van der Waals surface area contributed by atoms with Crippen LogP contribution in [0.2, 0.25) is 5.15 Å². The summed E-state index contributed by atoms with van der Waals surface area (Å²) in [5.74, 6) is 3.41. The zero-order valence-corrected chi connectivity index (χ0v) is 12.6. The third kappa shape index (κ3) is 1.83. The van der Waals surface area contributed by atoms with E-state index in [4.69, 9.17) is 18.0 Å². The van der Waals surface area contributed by atoms with Crippen LogP contribution in [0.25, 0.3) is 16.9 Å². The average molecular weight is 307 g/mol. The maximum Gasteiger partial charge on any atom is 0.150 e. The summed E-state index contributed by atoms with van der Waals surface area (Å²) in [6.45, 7) is 1.88. The zero-order chi connectivity index (χ0) is 15.3. The Bertz CT molecular complexity index is 950. The van der Waals surface area contributed by atoms with Gasteiger partial charge in [-0.05, 0) is 25.1 Å². The molecule has 4 rings (SSSR count). The van der Waals surface area contributed by atoms with E-state index in [-0.39, 0.29) is 0 Å². The number of hydrogen-bond donors (Lipinski definition) is 0. The summed E-state index contributed by atoms with van der Waals surface area (Å²) in [4.78, 5) is 13.2. The van der Waals surface area contributed by atoms with Gasteiger partial charge in [-0.1, -0.05) is 17.5 Å². The molecule has 0 saturated carbocycles. The van der Waals surface area contributed by atoms with Crippen LogP contribution in [0.4, 0.5) is 0 Å². The van der Waals surface area contributed by atoms with Gasteiger partial charge in [-0.15, -0.1) is 6.42 Å². The molecule has 106 valence electrons. The number of fused-ring (bicyclic) bond motifs is 5. The van der Waals surface area contributed by atoms with Crippen molar-refractivity contribution >= 4 is 11.6 Å². The third-order valence-electron chi connectivity index (χ3n) is 3.84. The minimum Gasteiger partial charge on any atom is -0.301 e. The summed E-state index contributed by atoms with van der Waals surface area (Å²) < 4.78 is 2.00. The van der Waals surface area contributed by atoms with Crippen LogP contribution in [0, 0.1) is 19.3 Å². The van der Waals surface area contributed by atoms with Crippen LogP contribution in [0.5, 0.6) is 0 Å². The molecule has 0 N–H and O–H groups in total. The van der Waals surface area contributed by atoms with Gasteiger partial charge < -0.3 is 4.57 Å². The number of aryl methyl sites for hydroxylation is 1. The summed E-state index contributed by atoms with van der Waals surface area (Å²) >= 11 is 6.25. The molecule has 1 aliphatic heterocycles. The van der Waals surface area contributed by atoms with Crippen LogP contribution in [0.15, 0.2) is 30.7 Å². The Kier molecular flexibility index (Phi) is 2.78. The van der Waals surface area contributed by atoms with E-state index in [0.717, 1.165) is 39.6 Å². The van der Waals surface area contributed by atoms with Gasteiger partial charge in [0.1, 0.15) is 12.2 Å². The predicted molar refractivity (Wildman–Crippen MR) is 85.1 cm³/mol. The first-order chi connectivity index (χ1) is 10.7. The van der Waals surface area contributed by atoms with Gasteiger partial charge in [0.2, 0.25) is 0 Å². The van der Waals surface area contributed by atoms with Gasteiger partial charge >= 0.3 is 0 Å². The molecule has 0 unspecified atom stereocenters. The van der Waals surface area contributed by atoms with Crippen molar-refractivity contribution in [1.29, 1.82) is 0 Å². The summed E-state index contributed by atoms with van der Waals surface area (Å²) in [6, 6.07) is 5.87. The Balaban J connectivity index is 2.12. The van der Waals surface area contributed by atoms with E-state index in [1.807, 2.05) is 35.9 Å². The van der Waals surface area contributed by atoms with Gasteiger partial charge in [0.15, 0.2) is 5.15 Å². The fourth-order valence-electron chi connectivity index (χ4n) is 2.78. The number of imidazole rings is 1. The quantitative estimate of drug-likeness (QED) is 0.469. The lowest BCUT2D eigenvalue weighted by molar-refractivity contribution is 0.958. The fourth-order valence-corrected chi connectivity index (χ4v) is 2.98. The first-order valence-corrected chi connectivity index (χ1v) is 7.21. The number of rotatable bonds is 0. The monoisotopic (exact) mass is 306 g/mol. The number of nitrogens with zero attached hydrogens (tertiary/aromatic N) is 4. The van der Waals surface area contributed by atoms with E-state index >= 15 is 0 Å². The summed E-state index contributed by atoms with van der Waals surface area (Å²) in [5.41, 5.74) is 5.62. The SMILES string of the molecule is C#Cc1ccc2c(c1)-c1nc(C)ncc1Cc1c(Cl)ncn1-2. The molecule has 4 nitrogen and oxygen atoms in total. The van der Waals surface area contributed by atoms with Crippen LogP contribution < -0.4 is 0 Å². The summed E-state index contributed by atoms with van der Waals surface area (Å²) in [7, 11) is 0. The Morgan fingerprint density at radius 2 is 2.18 bits per heavy atom. The highest BCUT2D eigenvalue weighted by molar-refractivity contribution is 6.30. The molecular formula is C17H11ClN4. The Morgan fingerprint density at radius 1 is 1.32 bits per heavy atom. The minimum absolute atomic E-state index is 0.500. The highest BCUT2D eigenvalue weighted by atomic mass is 35.5. The molecule has 1 aliphatic rings. The number of aromatic nitrogens is 4. The maximum absolute atomic E-state index is 6.25. The Hall–Kier alpha value is -2.64. The van der Waals surface area contributed by atoms with E-state index in [0.29, 0.717) is 11.6 Å². The second-order valence-corrected chi connectivity index (χ2v) is 5.55. The van der Waals surface area contributed by atoms with Gasteiger partial charge in [0.05, 0.1) is 17.1 Å². The lowest BCUT2D eigenvalue weighted by Crippen LogP contribution is -1.98. The maximum atomic E-state index is 6.25. The van der Waals surface area contributed by atoms with Crippen molar-refractivity contribution in [3.05, 3.63) is 58.5 Å². The Morgan fingerprint density at radius 3 is 3.00 bits per heavy atom. The van der Waals surface area contributed by atoms with Crippen molar-refractivity contribution in [2.24, 2.45) is 0 Å². The van der Waals surface area contributed by atoms with Gasteiger partial charge in [-0.3, -0.25) is 0 Å². The molecule has 1 aromatic carbocycles. The van der Waals surface area contributed by atoms with Crippen molar-refractivity contribution in [2.75, 3.05) is 0 Å². The topological polar surface area (TPSA) is 43.6 Å². The van der Waals surface area contributed by atoms with E-state index in [1.54, 1.807) is 6.33 Å². The first-order valence-electron chi connectivity index (χ1n) is 6.83. The number of benzene rings is 1. The molecule has 2 aromatic heterocycles. The minimum atomic E-state index is 0.500.